The second kappa shape index (κ2) is 5.63. The van der Waals surface area contributed by atoms with Crippen molar-refractivity contribution >= 4 is 26.7 Å². The summed E-state index contributed by atoms with van der Waals surface area (Å²) in [5, 5.41) is 8.36. The Kier molecular flexibility index (Phi) is 3.69. The molecule has 0 spiro atoms. The van der Waals surface area contributed by atoms with E-state index >= 15 is 0 Å². The van der Waals surface area contributed by atoms with Crippen LogP contribution in [0.1, 0.15) is 23.4 Å². The predicted molar refractivity (Wildman–Crippen MR) is 82.4 cm³/mol. The van der Waals surface area contributed by atoms with Gasteiger partial charge in [-0.2, -0.15) is 0 Å². The molecule has 0 aliphatic rings. The molecule has 0 saturated heterocycles. The Bertz CT molecular complexity index is 664. The number of para-hydroxylation sites is 1. The molecule has 1 aromatic carbocycles. The molecule has 4 nitrogen and oxygen atoms in total. The van der Waals surface area contributed by atoms with E-state index in [1.54, 1.807) is 11.3 Å². The van der Waals surface area contributed by atoms with Crippen molar-refractivity contribution in [2.75, 3.05) is 11.9 Å². The van der Waals surface area contributed by atoms with Crippen molar-refractivity contribution < 1.29 is 4.52 Å². The summed E-state index contributed by atoms with van der Waals surface area (Å²) in [4.78, 5) is 4.56. The number of hydrogen-bond acceptors (Lipinski definition) is 5. The summed E-state index contributed by atoms with van der Waals surface area (Å²) in [5.74, 6) is 0.933. The first-order valence-electron chi connectivity index (χ1n) is 6.75. The van der Waals surface area contributed by atoms with Crippen molar-refractivity contribution in [1.29, 1.82) is 0 Å². The minimum absolute atomic E-state index is 0.907. The first kappa shape index (κ1) is 13.1. The SMILES string of the molecule is Cc1noc(C)c1CCCNc1nc2ccccc2s1. The number of aryl methyl sites for hydroxylation is 2. The topological polar surface area (TPSA) is 51.0 Å². The molecule has 0 fully saturated rings. The van der Waals surface area contributed by atoms with E-state index in [0.717, 1.165) is 41.5 Å². The highest BCUT2D eigenvalue weighted by Gasteiger charge is 2.08. The summed E-state index contributed by atoms with van der Waals surface area (Å²) >= 11 is 1.70. The lowest BCUT2D eigenvalue weighted by Crippen LogP contribution is -2.03. The summed E-state index contributed by atoms with van der Waals surface area (Å²) in [6, 6.07) is 8.20. The summed E-state index contributed by atoms with van der Waals surface area (Å²) in [6.45, 7) is 4.87. The van der Waals surface area contributed by atoms with Crippen molar-refractivity contribution in [3.63, 3.8) is 0 Å². The number of aromatic nitrogens is 2. The number of rotatable bonds is 5. The third-order valence-electron chi connectivity index (χ3n) is 3.35. The highest BCUT2D eigenvalue weighted by Crippen LogP contribution is 2.25. The Morgan fingerprint density at radius 1 is 1.25 bits per heavy atom. The second-order valence-corrected chi connectivity index (χ2v) is 5.85. The Hall–Kier alpha value is -1.88. The van der Waals surface area contributed by atoms with Gasteiger partial charge in [0.25, 0.3) is 0 Å². The maximum absolute atomic E-state index is 5.17. The molecule has 2 aromatic heterocycles. The maximum atomic E-state index is 5.17. The van der Waals surface area contributed by atoms with E-state index in [-0.39, 0.29) is 0 Å². The van der Waals surface area contributed by atoms with E-state index in [4.69, 9.17) is 4.52 Å². The van der Waals surface area contributed by atoms with Gasteiger partial charge in [-0.15, -0.1) is 0 Å². The summed E-state index contributed by atoms with van der Waals surface area (Å²) in [6.07, 6.45) is 2.03. The zero-order valence-corrected chi connectivity index (χ0v) is 12.5. The van der Waals surface area contributed by atoms with Crippen molar-refractivity contribution in [3.05, 3.63) is 41.3 Å². The van der Waals surface area contributed by atoms with E-state index in [0.29, 0.717) is 0 Å². The van der Waals surface area contributed by atoms with Crippen LogP contribution >= 0.6 is 11.3 Å². The Morgan fingerprint density at radius 3 is 2.85 bits per heavy atom. The molecule has 0 saturated carbocycles. The molecule has 0 atom stereocenters. The van der Waals surface area contributed by atoms with Crippen LogP contribution in [0.25, 0.3) is 10.2 Å². The molecule has 3 rings (SSSR count). The summed E-state index contributed by atoms with van der Waals surface area (Å²) in [5.41, 5.74) is 3.30. The predicted octanol–water partition coefficient (Wildman–Crippen LogP) is 3.95. The first-order valence-corrected chi connectivity index (χ1v) is 7.57. The summed E-state index contributed by atoms with van der Waals surface area (Å²) < 4.78 is 6.39. The van der Waals surface area contributed by atoms with Gasteiger partial charge in [0.2, 0.25) is 0 Å². The number of hydrogen-bond donors (Lipinski definition) is 1. The van der Waals surface area contributed by atoms with Crippen molar-refractivity contribution in [2.24, 2.45) is 0 Å². The van der Waals surface area contributed by atoms with Crippen LogP contribution < -0.4 is 5.32 Å². The zero-order chi connectivity index (χ0) is 13.9. The minimum atomic E-state index is 0.907. The van der Waals surface area contributed by atoms with Crippen molar-refractivity contribution in [1.82, 2.24) is 10.1 Å². The van der Waals surface area contributed by atoms with Crippen LogP contribution in [0.5, 0.6) is 0 Å². The average molecular weight is 287 g/mol. The van der Waals surface area contributed by atoms with E-state index in [1.807, 2.05) is 32.0 Å². The van der Waals surface area contributed by atoms with Gasteiger partial charge in [-0.05, 0) is 38.8 Å². The van der Waals surface area contributed by atoms with Gasteiger partial charge >= 0.3 is 0 Å². The fourth-order valence-electron chi connectivity index (χ4n) is 2.27. The zero-order valence-electron chi connectivity index (χ0n) is 11.6. The van der Waals surface area contributed by atoms with Gasteiger partial charge in [0.1, 0.15) is 5.76 Å². The van der Waals surface area contributed by atoms with Crippen LogP contribution in [-0.2, 0) is 6.42 Å². The smallest absolute Gasteiger partial charge is 0.183 e. The number of anilines is 1. The van der Waals surface area contributed by atoms with Gasteiger partial charge in [0.05, 0.1) is 15.9 Å². The van der Waals surface area contributed by atoms with Gasteiger partial charge in [0, 0.05) is 12.1 Å². The monoisotopic (exact) mass is 287 g/mol. The molecule has 1 N–H and O–H groups in total. The second-order valence-electron chi connectivity index (χ2n) is 4.82. The quantitative estimate of drug-likeness (QED) is 0.722. The number of benzene rings is 1. The molecule has 20 heavy (non-hydrogen) atoms. The van der Waals surface area contributed by atoms with E-state index < -0.39 is 0 Å². The number of nitrogens with one attached hydrogen (secondary N) is 1. The Balaban J connectivity index is 1.55. The number of fused-ring (bicyclic) bond motifs is 1. The molecule has 3 aromatic rings. The van der Waals surface area contributed by atoms with Crippen LogP contribution in [0.4, 0.5) is 5.13 Å². The van der Waals surface area contributed by atoms with E-state index in [9.17, 15) is 0 Å². The molecule has 0 bridgehead atoms. The fraction of sp³-hybridized carbons (Fsp3) is 0.333. The molecule has 2 heterocycles. The lowest BCUT2D eigenvalue weighted by atomic mass is 10.1. The molecule has 0 unspecified atom stereocenters. The van der Waals surface area contributed by atoms with Crippen LogP contribution in [0.15, 0.2) is 28.8 Å². The standard InChI is InChI=1S/C15H17N3OS/c1-10-12(11(2)19-18-10)6-5-9-16-15-17-13-7-3-4-8-14(13)20-15/h3-4,7-8H,5-6,9H2,1-2H3,(H,16,17). The third kappa shape index (κ3) is 2.67. The average Bonchev–Trinajstić information content (AvgIpc) is 2.99. The Labute approximate surface area is 121 Å². The van der Waals surface area contributed by atoms with Crippen LogP contribution in [0, 0.1) is 13.8 Å². The molecule has 0 radical (unpaired) electrons. The normalized spacial score (nSPS) is 11.1. The Morgan fingerprint density at radius 2 is 2.10 bits per heavy atom. The van der Waals surface area contributed by atoms with Crippen molar-refractivity contribution in [3.8, 4) is 0 Å². The fourth-order valence-corrected chi connectivity index (χ4v) is 3.16. The largest absolute Gasteiger partial charge is 0.361 e. The highest BCUT2D eigenvalue weighted by molar-refractivity contribution is 7.22. The minimum Gasteiger partial charge on any atom is -0.361 e. The maximum Gasteiger partial charge on any atom is 0.183 e. The first-order chi connectivity index (χ1) is 9.74. The molecule has 0 amide bonds. The van der Waals surface area contributed by atoms with Crippen LogP contribution in [0.2, 0.25) is 0 Å². The van der Waals surface area contributed by atoms with Crippen molar-refractivity contribution in [2.45, 2.75) is 26.7 Å². The lowest BCUT2D eigenvalue weighted by molar-refractivity contribution is 0.392. The van der Waals surface area contributed by atoms with Gasteiger partial charge in [-0.25, -0.2) is 4.98 Å². The lowest BCUT2D eigenvalue weighted by Gasteiger charge is -2.02. The van der Waals surface area contributed by atoms with Gasteiger partial charge < -0.3 is 9.84 Å². The van der Waals surface area contributed by atoms with Crippen LogP contribution in [0.3, 0.4) is 0 Å². The van der Waals surface area contributed by atoms with E-state index in [1.165, 1.54) is 10.3 Å². The van der Waals surface area contributed by atoms with Crippen LogP contribution in [-0.4, -0.2) is 16.7 Å². The molecule has 104 valence electrons. The van der Waals surface area contributed by atoms with Gasteiger partial charge in [-0.3, -0.25) is 0 Å². The van der Waals surface area contributed by atoms with E-state index in [2.05, 4.69) is 21.5 Å². The molecular weight excluding hydrogens is 270 g/mol. The molecule has 5 heteroatoms. The third-order valence-corrected chi connectivity index (χ3v) is 4.35. The molecular formula is C15H17N3OS. The summed E-state index contributed by atoms with van der Waals surface area (Å²) in [7, 11) is 0. The highest BCUT2D eigenvalue weighted by atomic mass is 32.1. The van der Waals surface area contributed by atoms with Gasteiger partial charge in [-0.1, -0.05) is 28.6 Å². The number of thiazole rings is 1. The van der Waals surface area contributed by atoms with Gasteiger partial charge in [0.15, 0.2) is 5.13 Å². The molecule has 0 aliphatic heterocycles. The number of nitrogens with zero attached hydrogens (tertiary/aromatic N) is 2. The molecule has 0 aliphatic carbocycles.